The highest BCUT2D eigenvalue weighted by Gasteiger charge is 2.26. The van der Waals surface area contributed by atoms with Crippen molar-refractivity contribution in [3.63, 3.8) is 0 Å². The average Bonchev–Trinajstić information content (AvgIpc) is 2.55. The molecule has 0 aromatic heterocycles. The quantitative estimate of drug-likeness (QED) is 0.864. The second kappa shape index (κ2) is 8.06. The molecule has 1 saturated heterocycles. The van der Waals surface area contributed by atoms with E-state index in [0.29, 0.717) is 36.8 Å². The van der Waals surface area contributed by atoms with Gasteiger partial charge >= 0.3 is 0 Å². The molecule has 1 unspecified atom stereocenters. The zero-order chi connectivity index (χ0) is 16.8. The number of nitrogens with zero attached hydrogens (tertiary/aromatic N) is 1. The molecule has 1 aromatic rings. The van der Waals surface area contributed by atoms with Crippen molar-refractivity contribution in [1.29, 1.82) is 0 Å². The number of benzene rings is 1. The van der Waals surface area contributed by atoms with E-state index in [1.54, 1.807) is 14.2 Å². The Hall–Kier alpha value is -1.95. The van der Waals surface area contributed by atoms with Gasteiger partial charge in [-0.3, -0.25) is 4.79 Å². The predicted octanol–water partition coefficient (Wildman–Crippen LogP) is 1.81. The lowest BCUT2D eigenvalue weighted by molar-refractivity contribution is -0.133. The van der Waals surface area contributed by atoms with E-state index >= 15 is 0 Å². The molecule has 6 heteroatoms. The summed E-state index contributed by atoms with van der Waals surface area (Å²) in [5.74, 6) is 2.05. The van der Waals surface area contributed by atoms with Crippen molar-refractivity contribution in [2.75, 3.05) is 27.3 Å². The maximum atomic E-state index is 12.0. The lowest BCUT2D eigenvalue weighted by Gasteiger charge is -2.33. The minimum atomic E-state index is -0.102. The SMILES string of the molecule is COc1cccc(OC)c1OC1CCN(C(=O)CC(C)N)CC1. The first-order valence-corrected chi connectivity index (χ1v) is 7.96. The van der Waals surface area contributed by atoms with Gasteiger partial charge in [-0.2, -0.15) is 0 Å². The number of nitrogens with two attached hydrogens (primary N) is 1. The van der Waals surface area contributed by atoms with Crippen LogP contribution in [0.5, 0.6) is 17.2 Å². The summed E-state index contributed by atoms with van der Waals surface area (Å²) in [6.45, 7) is 3.23. The van der Waals surface area contributed by atoms with Crippen LogP contribution in [0, 0.1) is 0 Å². The summed E-state index contributed by atoms with van der Waals surface area (Å²) < 4.78 is 16.8. The number of ether oxygens (including phenoxy) is 3. The fourth-order valence-electron chi connectivity index (χ4n) is 2.73. The van der Waals surface area contributed by atoms with Crippen LogP contribution in [-0.4, -0.2) is 50.3 Å². The van der Waals surface area contributed by atoms with Gasteiger partial charge in [0.25, 0.3) is 0 Å². The Kier molecular flexibility index (Phi) is 6.10. The Morgan fingerprint density at radius 2 is 1.83 bits per heavy atom. The number of hydrogen-bond donors (Lipinski definition) is 1. The molecule has 0 aliphatic carbocycles. The zero-order valence-corrected chi connectivity index (χ0v) is 14.1. The van der Waals surface area contributed by atoms with Crippen molar-refractivity contribution >= 4 is 5.91 Å². The Balaban J connectivity index is 1.96. The third-order valence-corrected chi connectivity index (χ3v) is 3.96. The number of methoxy groups -OCH3 is 2. The highest BCUT2D eigenvalue weighted by molar-refractivity contribution is 5.76. The predicted molar refractivity (Wildman–Crippen MR) is 88.0 cm³/mol. The van der Waals surface area contributed by atoms with Gasteiger partial charge in [0.05, 0.1) is 14.2 Å². The molecule has 1 aliphatic heterocycles. The van der Waals surface area contributed by atoms with Gasteiger partial charge < -0.3 is 24.8 Å². The van der Waals surface area contributed by atoms with Gasteiger partial charge in [-0.25, -0.2) is 0 Å². The Labute approximate surface area is 137 Å². The topological polar surface area (TPSA) is 74.0 Å². The van der Waals surface area contributed by atoms with Crippen molar-refractivity contribution in [2.24, 2.45) is 5.73 Å². The molecule has 2 N–H and O–H groups in total. The van der Waals surface area contributed by atoms with E-state index in [4.69, 9.17) is 19.9 Å². The molecule has 23 heavy (non-hydrogen) atoms. The molecule has 1 atom stereocenters. The highest BCUT2D eigenvalue weighted by Crippen LogP contribution is 2.38. The summed E-state index contributed by atoms with van der Waals surface area (Å²) in [6.07, 6.45) is 2.00. The van der Waals surface area contributed by atoms with Crippen LogP contribution in [0.4, 0.5) is 0 Å². The number of amides is 1. The number of piperidine rings is 1. The summed E-state index contributed by atoms with van der Waals surface area (Å²) in [5.41, 5.74) is 5.69. The van der Waals surface area contributed by atoms with Crippen LogP contribution in [0.25, 0.3) is 0 Å². The molecule has 128 valence electrons. The molecule has 0 saturated carbocycles. The number of rotatable bonds is 6. The lowest BCUT2D eigenvalue weighted by atomic mass is 10.1. The first-order chi connectivity index (χ1) is 11.0. The molecule has 0 radical (unpaired) electrons. The van der Waals surface area contributed by atoms with Crippen LogP contribution in [0.3, 0.4) is 0 Å². The Bertz CT molecular complexity index is 503. The summed E-state index contributed by atoms with van der Waals surface area (Å²) in [6, 6.07) is 5.45. The normalized spacial score (nSPS) is 16.8. The molecular formula is C17H26N2O4. The van der Waals surface area contributed by atoms with E-state index in [9.17, 15) is 4.79 Å². The van der Waals surface area contributed by atoms with Crippen LogP contribution < -0.4 is 19.9 Å². The van der Waals surface area contributed by atoms with Gasteiger partial charge in [0.2, 0.25) is 11.7 Å². The van der Waals surface area contributed by atoms with E-state index in [1.165, 1.54) is 0 Å². The summed E-state index contributed by atoms with van der Waals surface area (Å²) in [4.78, 5) is 13.9. The lowest BCUT2D eigenvalue weighted by Crippen LogP contribution is -2.43. The van der Waals surface area contributed by atoms with E-state index in [1.807, 2.05) is 30.0 Å². The van der Waals surface area contributed by atoms with E-state index in [2.05, 4.69) is 0 Å². The summed E-state index contributed by atoms with van der Waals surface area (Å²) in [5, 5.41) is 0. The highest BCUT2D eigenvalue weighted by atomic mass is 16.5. The van der Waals surface area contributed by atoms with Crippen molar-refractivity contribution < 1.29 is 19.0 Å². The fraction of sp³-hybridized carbons (Fsp3) is 0.588. The third-order valence-electron chi connectivity index (χ3n) is 3.96. The van der Waals surface area contributed by atoms with Crippen molar-refractivity contribution in [1.82, 2.24) is 4.90 Å². The van der Waals surface area contributed by atoms with E-state index in [0.717, 1.165) is 12.8 Å². The molecule has 0 spiro atoms. The second-order valence-electron chi connectivity index (χ2n) is 5.87. The number of carbonyl (C=O) groups is 1. The molecule has 1 amide bonds. The third kappa shape index (κ3) is 4.51. The zero-order valence-electron chi connectivity index (χ0n) is 14.1. The van der Waals surface area contributed by atoms with Crippen LogP contribution >= 0.6 is 0 Å². The molecule has 1 aromatic carbocycles. The Morgan fingerprint density at radius 3 is 2.30 bits per heavy atom. The molecule has 6 nitrogen and oxygen atoms in total. The van der Waals surface area contributed by atoms with Crippen molar-refractivity contribution in [3.8, 4) is 17.2 Å². The fourth-order valence-corrected chi connectivity index (χ4v) is 2.73. The molecule has 1 heterocycles. The number of hydrogen-bond acceptors (Lipinski definition) is 5. The molecule has 2 rings (SSSR count). The van der Waals surface area contributed by atoms with Gasteiger partial charge in [-0.1, -0.05) is 6.07 Å². The van der Waals surface area contributed by atoms with Crippen LogP contribution in [0.2, 0.25) is 0 Å². The standard InChI is InChI=1S/C17H26N2O4/c1-12(18)11-16(20)19-9-7-13(8-10-19)23-17-14(21-2)5-4-6-15(17)22-3/h4-6,12-13H,7-11,18H2,1-3H3. The number of para-hydroxylation sites is 1. The smallest absolute Gasteiger partial charge is 0.224 e. The summed E-state index contributed by atoms with van der Waals surface area (Å²) >= 11 is 0. The van der Waals surface area contributed by atoms with Gasteiger partial charge in [-0.05, 0) is 19.1 Å². The van der Waals surface area contributed by atoms with E-state index in [-0.39, 0.29) is 18.1 Å². The monoisotopic (exact) mass is 322 g/mol. The molecule has 0 bridgehead atoms. The summed E-state index contributed by atoms with van der Waals surface area (Å²) in [7, 11) is 3.22. The van der Waals surface area contributed by atoms with Gasteiger partial charge in [0.15, 0.2) is 11.5 Å². The molecule has 1 aliphatic rings. The van der Waals surface area contributed by atoms with Crippen molar-refractivity contribution in [3.05, 3.63) is 18.2 Å². The molecular weight excluding hydrogens is 296 g/mol. The van der Waals surface area contributed by atoms with Gasteiger partial charge in [0.1, 0.15) is 6.10 Å². The maximum Gasteiger partial charge on any atom is 0.224 e. The van der Waals surface area contributed by atoms with Gasteiger partial charge in [0, 0.05) is 38.4 Å². The van der Waals surface area contributed by atoms with Gasteiger partial charge in [-0.15, -0.1) is 0 Å². The van der Waals surface area contributed by atoms with Crippen LogP contribution in [0.1, 0.15) is 26.2 Å². The number of likely N-dealkylation sites (tertiary alicyclic amines) is 1. The van der Waals surface area contributed by atoms with Crippen LogP contribution in [-0.2, 0) is 4.79 Å². The largest absolute Gasteiger partial charge is 0.493 e. The first-order valence-electron chi connectivity index (χ1n) is 7.96. The van der Waals surface area contributed by atoms with E-state index < -0.39 is 0 Å². The minimum Gasteiger partial charge on any atom is -0.493 e. The Morgan fingerprint density at radius 1 is 1.26 bits per heavy atom. The first kappa shape index (κ1) is 17.4. The molecule has 1 fully saturated rings. The maximum absolute atomic E-state index is 12.0. The second-order valence-corrected chi connectivity index (χ2v) is 5.87. The van der Waals surface area contributed by atoms with Crippen molar-refractivity contribution in [2.45, 2.75) is 38.3 Å². The van der Waals surface area contributed by atoms with Crippen LogP contribution in [0.15, 0.2) is 18.2 Å². The minimum absolute atomic E-state index is 0.0412. The number of carbonyl (C=O) groups excluding carboxylic acids is 1. The average molecular weight is 322 g/mol.